The van der Waals surface area contributed by atoms with Crippen molar-refractivity contribution >= 4 is 17.6 Å². The van der Waals surface area contributed by atoms with Crippen molar-refractivity contribution < 1.29 is 19.1 Å². The quantitative estimate of drug-likeness (QED) is 0.740. The van der Waals surface area contributed by atoms with E-state index in [9.17, 15) is 9.59 Å². The normalized spacial score (nSPS) is 19.6. The van der Waals surface area contributed by atoms with E-state index in [2.05, 4.69) is 16.2 Å². The van der Waals surface area contributed by atoms with E-state index in [-0.39, 0.29) is 24.5 Å². The van der Waals surface area contributed by atoms with Crippen LogP contribution < -0.4 is 25.6 Å². The van der Waals surface area contributed by atoms with Crippen molar-refractivity contribution in [3.63, 3.8) is 0 Å². The first-order chi connectivity index (χ1) is 12.6. The number of rotatable bonds is 3. The zero-order valence-corrected chi connectivity index (χ0v) is 14.2. The molecule has 4 rings (SSSR count). The van der Waals surface area contributed by atoms with Gasteiger partial charge in [-0.15, -0.1) is 0 Å². The number of hydrazine groups is 1. The molecule has 7 heteroatoms. The zero-order valence-electron chi connectivity index (χ0n) is 14.2. The Balaban J connectivity index is 1.26. The fraction of sp³-hybridized carbons (Fsp3) is 0.263. The molecular formula is C19H19N3O4. The number of carbonyl (C=O) groups is 2. The molecule has 0 saturated heterocycles. The van der Waals surface area contributed by atoms with Crippen molar-refractivity contribution in [2.45, 2.75) is 19.3 Å². The van der Waals surface area contributed by atoms with Gasteiger partial charge in [0.05, 0.1) is 0 Å². The average Bonchev–Trinajstić information content (AvgIpc) is 3.30. The highest BCUT2D eigenvalue weighted by Gasteiger charge is 2.44. The highest BCUT2D eigenvalue weighted by atomic mass is 16.7. The molecule has 1 saturated carbocycles. The van der Waals surface area contributed by atoms with E-state index in [1.165, 1.54) is 5.56 Å². The van der Waals surface area contributed by atoms with E-state index in [4.69, 9.17) is 9.47 Å². The summed E-state index contributed by atoms with van der Waals surface area (Å²) in [5.74, 6) is 1.14. The Morgan fingerprint density at radius 1 is 1.00 bits per heavy atom. The molecule has 1 aliphatic heterocycles. The Labute approximate surface area is 150 Å². The zero-order chi connectivity index (χ0) is 18.1. The molecule has 0 aromatic heterocycles. The number of hydrogen-bond acceptors (Lipinski definition) is 4. The molecule has 2 atom stereocenters. The minimum Gasteiger partial charge on any atom is -0.454 e. The molecule has 0 spiro atoms. The molecule has 26 heavy (non-hydrogen) atoms. The van der Waals surface area contributed by atoms with Gasteiger partial charge in [-0.25, -0.2) is 10.2 Å². The highest BCUT2D eigenvalue weighted by Crippen LogP contribution is 2.47. The van der Waals surface area contributed by atoms with Crippen LogP contribution in [0.25, 0.3) is 0 Å². The van der Waals surface area contributed by atoms with E-state index in [0.717, 1.165) is 12.0 Å². The molecule has 1 aliphatic carbocycles. The van der Waals surface area contributed by atoms with Gasteiger partial charge in [-0.05, 0) is 37.0 Å². The third-order valence-corrected chi connectivity index (χ3v) is 4.56. The number of carbonyl (C=O) groups excluding carboxylic acids is 2. The highest BCUT2D eigenvalue weighted by molar-refractivity contribution is 5.92. The molecule has 1 heterocycles. The van der Waals surface area contributed by atoms with Gasteiger partial charge in [0.2, 0.25) is 12.7 Å². The summed E-state index contributed by atoms with van der Waals surface area (Å²) in [4.78, 5) is 24.1. The molecule has 1 fully saturated rings. The maximum absolute atomic E-state index is 12.2. The summed E-state index contributed by atoms with van der Waals surface area (Å²) in [5.41, 5.74) is 7.74. The number of fused-ring (bicyclic) bond motifs is 1. The van der Waals surface area contributed by atoms with Crippen LogP contribution in [0.4, 0.5) is 10.5 Å². The largest absolute Gasteiger partial charge is 0.454 e. The van der Waals surface area contributed by atoms with Crippen molar-refractivity contribution in [1.29, 1.82) is 0 Å². The molecule has 0 bridgehead atoms. The van der Waals surface area contributed by atoms with Gasteiger partial charge < -0.3 is 14.8 Å². The monoisotopic (exact) mass is 353 g/mol. The van der Waals surface area contributed by atoms with Crippen molar-refractivity contribution in [1.82, 2.24) is 10.9 Å². The molecule has 3 N–H and O–H groups in total. The number of hydrogen-bond donors (Lipinski definition) is 3. The predicted molar refractivity (Wildman–Crippen MR) is 94.9 cm³/mol. The van der Waals surface area contributed by atoms with Gasteiger partial charge in [0.15, 0.2) is 11.5 Å². The van der Waals surface area contributed by atoms with Crippen LogP contribution in [-0.4, -0.2) is 18.7 Å². The second-order valence-corrected chi connectivity index (χ2v) is 6.50. The van der Waals surface area contributed by atoms with Crippen LogP contribution in [0.3, 0.4) is 0 Å². The molecule has 0 radical (unpaired) electrons. The van der Waals surface area contributed by atoms with E-state index in [1.807, 2.05) is 31.2 Å². The van der Waals surface area contributed by atoms with Crippen LogP contribution in [0, 0.1) is 12.8 Å². The SMILES string of the molecule is Cc1ccc(C2CC2C(=O)NNC(=O)Nc2ccc3c(c2)OCO3)cc1. The first-order valence-electron chi connectivity index (χ1n) is 8.43. The smallest absolute Gasteiger partial charge is 0.337 e. The molecule has 7 nitrogen and oxygen atoms in total. The number of urea groups is 1. The summed E-state index contributed by atoms with van der Waals surface area (Å²) in [7, 11) is 0. The van der Waals surface area contributed by atoms with Gasteiger partial charge in [0.25, 0.3) is 0 Å². The van der Waals surface area contributed by atoms with Crippen LogP contribution in [0.15, 0.2) is 42.5 Å². The molecule has 2 aliphatic rings. The minimum absolute atomic E-state index is 0.108. The second kappa shape index (κ2) is 6.59. The molecule has 2 unspecified atom stereocenters. The van der Waals surface area contributed by atoms with Gasteiger partial charge in [0, 0.05) is 17.7 Å². The number of amides is 3. The summed E-state index contributed by atoms with van der Waals surface area (Å²) < 4.78 is 10.5. The molecule has 3 amide bonds. The first kappa shape index (κ1) is 16.3. The average molecular weight is 353 g/mol. The maximum atomic E-state index is 12.2. The van der Waals surface area contributed by atoms with Crippen molar-refractivity contribution in [2.75, 3.05) is 12.1 Å². The third-order valence-electron chi connectivity index (χ3n) is 4.56. The number of benzene rings is 2. The third kappa shape index (κ3) is 3.42. The summed E-state index contributed by atoms with van der Waals surface area (Å²) in [6.07, 6.45) is 0.792. The van der Waals surface area contributed by atoms with Gasteiger partial charge in [-0.3, -0.25) is 10.2 Å². The Bertz CT molecular complexity index is 850. The lowest BCUT2D eigenvalue weighted by atomic mass is 10.1. The van der Waals surface area contributed by atoms with E-state index < -0.39 is 6.03 Å². The van der Waals surface area contributed by atoms with Gasteiger partial charge in [-0.1, -0.05) is 29.8 Å². The predicted octanol–water partition coefficient (Wildman–Crippen LogP) is 2.68. The lowest BCUT2D eigenvalue weighted by molar-refractivity contribution is -0.123. The fourth-order valence-electron chi connectivity index (χ4n) is 3.01. The number of aryl methyl sites for hydroxylation is 1. The first-order valence-corrected chi connectivity index (χ1v) is 8.43. The Kier molecular flexibility index (Phi) is 4.12. The van der Waals surface area contributed by atoms with E-state index in [0.29, 0.717) is 17.2 Å². The molecular weight excluding hydrogens is 334 g/mol. The second-order valence-electron chi connectivity index (χ2n) is 6.50. The summed E-state index contributed by atoms with van der Waals surface area (Å²) in [6, 6.07) is 12.7. The number of nitrogens with one attached hydrogen (secondary N) is 3. The van der Waals surface area contributed by atoms with Gasteiger partial charge in [0.1, 0.15) is 0 Å². The fourth-order valence-corrected chi connectivity index (χ4v) is 3.01. The molecule has 2 aromatic carbocycles. The number of ether oxygens (including phenoxy) is 2. The van der Waals surface area contributed by atoms with Crippen LogP contribution in [0.2, 0.25) is 0 Å². The Morgan fingerprint density at radius 3 is 2.58 bits per heavy atom. The Morgan fingerprint density at radius 2 is 1.77 bits per heavy atom. The van der Waals surface area contributed by atoms with E-state index in [1.54, 1.807) is 18.2 Å². The van der Waals surface area contributed by atoms with Crippen molar-refractivity contribution in [3.05, 3.63) is 53.6 Å². The van der Waals surface area contributed by atoms with Crippen LogP contribution in [0.1, 0.15) is 23.5 Å². The van der Waals surface area contributed by atoms with Crippen LogP contribution in [0.5, 0.6) is 11.5 Å². The maximum Gasteiger partial charge on any atom is 0.337 e. The minimum atomic E-state index is -0.523. The van der Waals surface area contributed by atoms with Gasteiger partial charge in [-0.2, -0.15) is 0 Å². The molecule has 134 valence electrons. The number of anilines is 1. The summed E-state index contributed by atoms with van der Waals surface area (Å²) in [6.45, 7) is 2.20. The van der Waals surface area contributed by atoms with Gasteiger partial charge >= 0.3 is 6.03 Å². The molecule has 2 aromatic rings. The van der Waals surface area contributed by atoms with Crippen LogP contribution >= 0.6 is 0 Å². The standard InChI is InChI=1S/C19H19N3O4/c1-11-2-4-12(5-3-11)14-9-15(14)18(23)21-22-19(24)20-13-6-7-16-17(8-13)26-10-25-16/h2-8,14-15H,9-10H2,1H3,(H,21,23)(H2,20,22,24). The lowest BCUT2D eigenvalue weighted by Gasteiger charge is -2.09. The summed E-state index contributed by atoms with van der Waals surface area (Å²) >= 11 is 0. The van der Waals surface area contributed by atoms with E-state index >= 15 is 0 Å². The Hall–Kier alpha value is -3.22. The van der Waals surface area contributed by atoms with Crippen LogP contribution in [-0.2, 0) is 4.79 Å². The van der Waals surface area contributed by atoms with Crippen molar-refractivity contribution in [2.24, 2.45) is 5.92 Å². The topological polar surface area (TPSA) is 88.7 Å². The lowest BCUT2D eigenvalue weighted by Crippen LogP contribution is -2.44. The summed E-state index contributed by atoms with van der Waals surface area (Å²) in [5, 5.41) is 2.64. The van der Waals surface area contributed by atoms with Crippen molar-refractivity contribution in [3.8, 4) is 11.5 Å².